The molecule has 6 rings (SSSR count). The van der Waals surface area contributed by atoms with Crippen LogP contribution in [0.3, 0.4) is 0 Å². The molecule has 2 aliphatic heterocycles. The first-order chi connectivity index (χ1) is 17.2. The lowest BCUT2D eigenvalue weighted by molar-refractivity contribution is -0.126. The summed E-state index contributed by atoms with van der Waals surface area (Å²) in [4.78, 5) is 27.2. The maximum absolute atomic E-state index is 13.8. The van der Waals surface area contributed by atoms with Crippen LogP contribution in [0.5, 0.6) is 0 Å². The molecular formula is C29H37F2N3O2. The third-order valence-corrected chi connectivity index (χ3v) is 9.71. The van der Waals surface area contributed by atoms with E-state index in [0.29, 0.717) is 55.8 Å². The van der Waals surface area contributed by atoms with Gasteiger partial charge in [-0.2, -0.15) is 0 Å². The fourth-order valence-corrected chi connectivity index (χ4v) is 7.37. The predicted molar refractivity (Wildman–Crippen MR) is 133 cm³/mol. The van der Waals surface area contributed by atoms with E-state index in [1.807, 2.05) is 6.07 Å². The monoisotopic (exact) mass is 497 g/mol. The molecule has 5 aliphatic rings. The first-order valence-electron chi connectivity index (χ1n) is 13.8. The van der Waals surface area contributed by atoms with Gasteiger partial charge in [-0.1, -0.05) is 31.6 Å². The molecule has 0 radical (unpaired) electrons. The fourth-order valence-electron chi connectivity index (χ4n) is 7.37. The van der Waals surface area contributed by atoms with Crippen molar-refractivity contribution in [1.82, 2.24) is 15.5 Å². The van der Waals surface area contributed by atoms with Crippen molar-refractivity contribution >= 4 is 11.8 Å². The second-order valence-electron chi connectivity index (χ2n) is 12.0. The van der Waals surface area contributed by atoms with Gasteiger partial charge in [0.25, 0.3) is 11.8 Å². The molecule has 3 saturated carbocycles. The van der Waals surface area contributed by atoms with Crippen LogP contribution in [0.2, 0.25) is 0 Å². The van der Waals surface area contributed by atoms with E-state index in [4.69, 9.17) is 0 Å². The Morgan fingerprint density at radius 1 is 1.08 bits per heavy atom. The lowest BCUT2D eigenvalue weighted by Crippen LogP contribution is -2.49. The van der Waals surface area contributed by atoms with Crippen molar-refractivity contribution in [1.29, 1.82) is 0 Å². The van der Waals surface area contributed by atoms with Crippen molar-refractivity contribution in [2.75, 3.05) is 0 Å². The van der Waals surface area contributed by atoms with Gasteiger partial charge in [0.15, 0.2) is 0 Å². The molecule has 194 valence electrons. The zero-order valence-electron chi connectivity index (χ0n) is 21.0. The Labute approximate surface area is 212 Å². The molecule has 2 N–H and O–H groups in total. The van der Waals surface area contributed by atoms with Gasteiger partial charge in [-0.3, -0.25) is 9.59 Å². The largest absolute Gasteiger partial charge is 0.329 e. The summed E-state index contributed by atoms with van der Waals surface area (Å²) in [7, 11) is 0. The summed E-state index contributed by atoms with van der Waals surface area (Å²) < 4.78 is 27.6. The zero-order chi connectivity index (χ0) is 25.1. The number of hydrogen-bond acceptors (Lipinski definition) is 3. The van der Waals surface area contributed by atoms with Crippen LogP contribution in [-0.4, -0.2) is 40.8 Å². The molecule has 1 spiro atoms. The SMILES string of the molecule is C=C1CCC(N2Cc3cc(C[C@H]4CCCC[C@@H]4N[C@H]4CC[C@]5(CC4)CC5(F)F)ccc3C2=O)C(=O)N1. The molecule has 0 aromatic heterocycles. The van der Waals surface area contributed by atoms with Crippen LogP contribution in [-0.2, 0) is 17.8 Å². The Bertz CT molecular complexity index is 1080. The van der Waals surface area contributed by atoms with Crippen molar-refractivity contribution in [3.8, 4) is 0 Å². The third-order valence-electron chi connectivity index (χ3n) is 9.71. The van der Waals surface area contributed by atoms with Gasteiger partial charge < -0.3 is 15.5 Å². The summed E-state index contributed by atoms with van der Waals surface area (Å²) >= 11 is 0. The number of carbonyl (C=O) groups excluding carboxylic acids is 2. The highest BCUT2D eigenvalue weighted by Gasteiger charge is 2.70. The first-order valence-corrected chi connectivity index (χ1v) is 13.8. The standard InChI is InChI=1S/C29H37F2N3O2/c1-18-6-9-25(26(35)32-18)34-16-21-15-19(7-8-23(21)27(34)36)14-20-4-2-3-5-24(20)33-22-10-12-28(13-11-22)17-29(28,30)31/h7-8,15,20,22,24-25,33H,1-6,9-14,16-17H2,(H,32,35)/t20-,22-,24+,25?,28-/m1/s1. The molecule has 5 nitrogen and oxygen atoms in total. The molecule has 1 aromatic carbocycles. The molecule has 3 atom stereocenters. The highest BCUT2D eigenvalue weighted by molar-refractivity contribution is 6.01. The summed E-state index contributed by atoms with van der Waals surface area (Å²) in [6, 6.07) is 6.51. The number of carbonyl (C=O) groups is 2. The molecule has 1 saturated heterocycles. The number of piperidine rings is 1. The van der Waals surface area contributed by atoms with Gasteiger partial charge in [-0.05, 0) is 80.9 Å². The maximum atomic E-state index is 13.8. The molecule has 1 unspecified atom stereocenters. The van der Waals surface area contributed by atoms with E-state index in [-0.39, 0.29) is 18.2 Å². The minimum absolute atomic E-state index is 0.0577. The highest BCUT2D eigenvalue weighted by atomic mass is 19.3. The summed E-state index contributed by atoms with van der Waals surface area (Å²) in [5.41, 5.74) is 3.00. The van der Waals surface area contributed by atoms with E-state index in [9.17, 15) is 18.4 Å². The van der Waals surface area contributed by atoms with Gasteiger partial charge in [0.2, 0.25) is 5.91 Å². The fraction of sp³-hybridized carbons (Fsp3) is 0.655. The number of hydrogen-bond donors (Lipinski definition) is 2. The van der Waals surface area contributed by atoms with E-state index in [0.717, 1.165) is 36.9 Å². The van der Waals surface area contributed by atoms with Crippen molar-refractivity contribution in [2.24, 2.45) is 11.3 Å². The van der Waals surface area contributed by atoms with Crippen LogP contribution in [0.15, 0.2) is 30.5 Å². The molecule has 2 heterocycles. The van der Waals surface area contributed by atoms with Gasteiger partial charge >= 0.3 is 0 Å². The maximum Gasteiger partial charge on any atom is 0.255 e. The quantitative estimate of drug-likeness (QED) is 0.596. The molecule has 0 bridgehead atoms. The average Bonchev–Trinajstić information content (AvgIpc) is 3.22. The number of alkyl halides is 2. The number of nitrogens with zero attached hydrogens (tertiary/aromatic N) is 1. The topological polar surface area (TPSA) is 61.4 Å². The van der Waals surface area contributed by atoms with Crippen molar-refractivity contribution in [3.05, 3.63) is 47.2 Å². The van der Waals surface area contributed by atoms with E-state index in [1.54, 1.807) is 4.90 Å². The zero-order valence-corrected chi connectivity index (χ0v) is 21.0. The van der Waals surface area contributed by atoms with Crippen LogP contribution in [0, 0.1) is 11.3 Å². The highest BCUT2D eigenvalue weighted by Crippen LogP contribution is 2.67. The summed E-state index contributed by atoms with van der Waals surface area (Å²) in [6.07, 6.45) is 10.1. The van der Waals surface area contributed by atoms with Crippen LogP contribution in [0.4, 0.5) is 8.78 Å². The molecule has 2 amide bonds. The van der Waals surface area contributed by atoms with Gasteiger partial charge in [-0.25, -0.2) is 8.78 Å². The minimum Gasteiger partial charge on any atom is -0.329 e. The van der Waals surface area contributed by atoms with Crippen LogP contribution < -0.4 is 10.6 Å². The summed E-state index contributed by atoms with van der Waals surface area (Å²) in [5.74, 6) is -2.11. The second-order valence-corrected chi connectivity index (χ2v) is 12.0. The molecular weight excluding hydrogens is 460 g/mol. The van der Waals surface area contributed by atoms with Crippen molar-refractivity contribution < 1.29 is 18.4 Å². The third kappa shape index (κ3) is 4.27. The second kappa shape index (κ2) is 8.93. The van der Waals surface area contributed by atoms with Gasteiger partial charge in [-0.15, -0.1) is 0 Å². The van der Waals surface area contributed by atoms with Crippen LogP contribution >= 0.6 is 0 Å². The predicted octanol–water partition coefficient (Wildman–Crippen LogP) is 5.09. The summed E-state index contributed by atoms with van der Waals surface area (Å²) in [5, 5.41) is 6.68. The van der Waals surface area contributed by atoms with Crippen molar-refractivity contribution in [3.63, 3.8) is 0 Å². The number of amides is 2. The molecule has 36 heavy (non-hydrogen) atoms. The number of fused-ring (bicyclic) bond motifs is 1. The lowest BCUT2D eigenvalue weighted by Gasteiger charge is -2.38. The number of rotatable bonds is 5. The van der Waals surface area contributed by atoms with Gasteiger partial charge in [0.05, 0.1) is 0 Å². The molecule has 7 heteroatoms. The number of nitrogens with one attached hydrogen (secondary N) is 2. The number of halogens is 2. The van der Waals surface area contributed by atoms with Gasteiger partial charge in [0.1, 0.15) is 6.04 Å². The van der Waals surface area contributed by atoms with E-state index in [2.05, 4.69) is 29.3 Å². The Morgan fingerprint density at radius 3 is 2.56 bits per heavy atom. The Balaban J connectivity index is 1.09. The Kier molecular flexibility index (Phi) is 5.97. The molecule has 3 aliphatic carbocycles. The van der Waals surface area contributed by atoms with E-state index < -0.39 is 17.4 Å². The smallest absolute Gasteiger partial charge is 0.255 e. The minimum atomic E-state index is -2.43. The molecule has 1 aromatic rings. The lowest BCUT2D eigenvalue weighted by atomic mass is 9.78. The Hall–Kier alpha value is -2.28. The first kappa shape index (κ1) is 24.1. The van der Waals surface area contributed by atoms with E-state index in [1.165, 1.54) is 24.8 Å². The number of benzene rings is 1. The van der Waals surface area contributed by atoms with Crippen molar-refractivity contribution in [2.45, 2.75) is 108 Å². The summed E-state index contributed by atoms with van der Waals surface area (Å²) in [6.45, 7) is 4.32. The molecule has 4 fully saturated rings. The normalized spacial score (nSPS) is 35.6. The number of allylic oxidation sites excluding steroid dienone is 1. The van der Waals surface area contributed by atoms with Gasteiger partial charge in [0, 0.05) is 41.7 Å². The Morgan fingerprint density at radius 2 is 1.83 bits per heavy atom. The van der Waals surface area contributed by atoms with Crippen LogP contribution in [0.25, 0.3) is 0 Å². The van der Waals surface area contributed by atoms with Crippen LogP contribution in [0.1, 0.15) is 92.1 Å². The average molecular weight is 498 g/mol. The van der Waals surface area contributed by atoms with E-state index >= 15 is 0 Å².